The van der Waals surface area contributed by atoms with Crippen molar-refractivity contribution in [1.82, 2.24) is 4.90 Å². The van der Waals surface area contributed by atoms with Gasteiger partial charge in [-0.1, -0.05) is 18.6 Å². The smallest absolute Gasteiger partial charge is 0.285 e. The van der Waals surface area contributed by atoms with E-state index >= 15 is 0 Å². The fraction of sp³-hybridized carbons (Fsp3) is 0.533. The van der Waals surface area contributed by atoms with Gasteiger partial charge in [0.05, 0.1) is 11.0 Å². The first-order chi connectivity index (χ1) is 9.91. The maximum atomic E-state index is 12.5. The number of amides is 1. The number of aliphatic hydroxyl groups is 1. The highest BCUT2D eigenvalue weighted by Crippen LogP contribution is 2.28. The molecule has 0 bridgehead atoms. The third-order valence-electron chi connectivity index (χ3n) is 4.12. The summed E-state index contributed by atoms with van der Waals surface area (Å²) in [6.45, 7) is 2.04. The lowest BCUT2D eigenvalue weighted by Crippen LogP contribution is -2.34. The van der Waals surface area contributed by atoms with Crippen LogP contribution in [0.5, 0.6) is 0 Å². The molecule has 1 aromatic rings. The van der Waals surface area contributed by atoms with E-state index in [9.17, 15) is 20.0 Å². The lowest BCUT2D eigenvalue weighted by Gasteiger charge is -2.23. The Kier molecular flexibility index (Phi) is 4.57. The van der Waals surface area contributed by atoms with Crippen LogP contribution in [0.25, 0.3) is 0 Å². The van der Waals surface area contributed by atoms with Crippen molar-refractivity contribution >= 4 is 11.6 Å². The van der Waals surface area contributed by atoms with E-state index in [1.54, 1.807) is 26.1 Å². The average molecular weight is 292 g/mol. The van der Waals surface area contributed by atoms with Crippen LogP contribution in [-0.2, 0) is 0 Å². The van der Waals surface area contributed by atoms with Gasteiger partial charge >= 0.3 is 0 Å². The maximum absolute atomic E-state index is 12.5. The lowest BCUT2D eigenvalue weighted by atomic mass is 10.0. The number of nitro groups is 1. The molecule has 0 spiro atoms. The van der Waals surface area contributed by atoms with E-state index in [1.165, 1.54) is 11.0 Å². The predicted octanol–water partition coefficient (Wildman–Crippen LogP) is 2.14. The summed E-state index contributed by atoms with van der Waals surface area (Å²) in [5.74, 6) is -0.313. The second kappa shape index (κ2) is 6.22. The first-order valence-corrected chi connectivity index (χ1v) is 7.09. The lowest BCUT2D eigenvalue weighted by molar-refractivity contribution is -0.385. The van der Waals surface area contributed by atoms with Crippen molar-refractivity contribution in [3.8, 4) is 0 Å². The Labute approximate surface area is 123 Å². The molecular formula is C15H20N2O4. The number of hydrogen-bond acceptors (Lipinski definition) is 4. The maximum Gasteiger partial charge on any atom is 0.285 e. The molecule has 2 unspecified atom stereocenters. The van der Waals surface area contributed by atoms with Crippen LogP contribution in [0.15, 0.2) is 18.2 Å². The number of hydrogen-bond donors (Lipinski definition) is 1. The Morgan fingerprint density at radius 1 is 1.48 bits per heavy atom. The summed E-state index contributed by atoms with van der Waals surface area (Å²) in [5.41, 5.74) is 0.441. The highest BCUT2D eigenvalue weighted by atomic mass is 16.6. The minimum atomic E-state index is -0.513. The number of carbonyl (C=O) groups is 1. The van der Waals surface area contributed by atoms with Crippen molar-refractivity contribution in [2.75, 3.05) is 13.6 Å². The molecule has 0 heterocycles. The number of benzene rings is 1. The predicted molar refractivity (Wildman–Crippen MR) is 78.1 cm³/mol. The Balaban J connectivity index is 2.19. The van der Waals surface area contributed by atoms with Crippen molar-refractivity contribution in [2.24, 2.45) is 5.92 Å². The summed E-state index contributed by atoms with van der Waals surface area (Å²) in [6.07, 6.45) is 2.22. The van der Waals surface area contributed by atoms with Crippen molar-refractivity contribution < 1.29 is 14.8 Å². The minimum Gasteiger partial charge on any atom is -0.393 e. The summed E-state index contributed by atoms with van der Waals surface area (Å²) < 4.78 is 0. The van der Waals surface area contributed by atoms with E-state index in [0.29, 0.717) is 12.1 Å². The van der Waals surface area contributed by atoms with Crippen molar-refractivity contribution in [1.29, 1.82) is 0 Å². The van der Waals surface area contributed by atoms with Crippen LogP contribution in [0.2, 0.25) is 0 Å². The Bertz CT molecular complexity index is 559. The Morgan fingerprint density at radius 3 is 2.76 bits per heavy atom. The van der Waals surface area contributed by atoms with Gasteiger partial charge < -0.3 is 10.0 Å². The zero-order valence-corrected chi connectivity index (χ0v) is 12.3. The van der Waals surface area contributed by atoms with Gasteiger partial charge in [0, 0.05) is 25.1 Å². The van der Waals surface area contributed by atoms with E-state index in [-0.39, 0.29) is 29.2 Å². The summed E-state index contributed by atoms with van der Waals surface area (Å²) in [5, 5.41) is 21.0. The molecule has 1 saturated carbocycles. The van der Waals surface area contributed by atoms with Crippen LogP contribution in [0, 0.1) is 23.0 Å². The van der Waals surface area contributed by atoms with Crippen LogP contribution in [-0.4, -0.2) is 40.5 Å². The third kappa shape index (κ3) is 3.21. The molecule has 1 aliphatic rings. The van der Waals surface area contributed by atoms with Crippen molar-refractivity contribution in [2.45, 2.75) is 32.3 Å². The Hall–Kier alpha value is -1.95. The molecule has 6 heteroatoms. The third-order valence-corrected chi connectivity index (χ3v) is 4.12. The van der Waals surface area contributed by atoms with Crippen LogP contribution < -0.4 is 0 Å². The van der Waals surface area contributed by atoms with Gasteiger partial charge in [-0.25, -0.2) is 0 Å². The Morgan fingerprint density at radius 2 is 2.19 bits per heavy atom. The van der Waals surface area contributed by atoms with Gasteiger partial charge in [-0.05, 0) is 25.8 Å². The van der Waals surface area contributed by atoms with Gasteiger partial charge in [-0.15, -0.1) is 0 Å². The van der Waals surface area contributed by atoms with E-state index < -0.39 is 4.92 Å². The van der Waals surface area contributed by atoms with E-state index in [2.05, 4.69) is 0 Å². The van der Waals surface area contributed by atoms with E-state index in [1.807, 2.05) is 0 Å². The standard InChI is InChI=1S/C15H20N2O4/c1-10-5-3-7-12(14(10)17(20)21)15(19)16(2)9-11-6-4-8-13(11)18/h3,5,7,11,13,18H,4,6,8-9H2,1-2H3. The monoisotopic (exact) mass is 292 g/mol. The molecule has 1 aromatic carbocycles. The molecule has 0 aromatic heterocycles. The van der Waals surface area contributed by atoms with Gasteiger partial charge in [0.1, 0.15) is 5.56 Å². The van der Waals surface area contributed by atoms with E-state index in [0.717, 1.165) is 19.3 Å². The van der Waals surface area contributed by atoms with Gasteiger partial charge in [0.2, 0.25) is 0 Å². The first-order valence-electron chi connectivity index (χ1n) is 7.09. The molecule has 1 fully saturated rings. The number of nitrogens with zero attached hydrogens (tertiary/aromatic N) is 2. The van der Waals surface area contributed by atoms with Crippen LogP contribution in [0.3, 0.4) is 0 Å². The highest BCUT2D eigenvalue weighted by molar-refractivity contribution is 5.98. The molecule has 6 nitrogen and oxygen atoms in total. The van der Waals surface area contributed by atoms with Crippen LogP contribution in [0.4, 0.5) is 5.69 Å². The number of para-hydroxylation sites is 1. The largest absolute Gasteiger partial charge is 0.393 e. The van der Waals surface area contributed by atoms with Gasteiger partial charge in [-0.3, -0.25) is 14.9 Å². The first kappa shape index (κ1) is 15.4. The second-order valence-electron chi connectivity index (χ2n) is 5.67. The molecule has 1 aliphatic carbocycles. The fourth-order valence-corrected chi connectivity index (χ4v) is 2.94. The summed E-state index contributed by atoms with van der Waals surface area (Å²) >= 11 is 0. The minimum absolute atomic E-state index is 0.0582. The summed E-state index contributed by atoms with van der Waals surface area (Å²) in [4.78, 5) is 24.6. The molecule has 114 valence electrons. The molecule has 2 rings (SSSR count). The average Bonchev–Trinajstić information content (AvgIpc) is 2.82. The van der Waals surface area contributed by atoms with Crippen LogP contribution in [0.1, 0.15) is 35.2 Å². The SMILES string of the molecule is Cc1cccc(C(=O)N(C)CC2CCCC2O)c1[N+](=O)[O-]. The molecule has 2 atom stereocenters. The van der Waals surface area contributed by atoms with Crippen molar-refractivity contribution in [3.63, 3.8) is 0 Å². The normalized spacial score (nSPS) is 21.3. The number of nitro benzene ring substituents is 1. The van der Waals surface area contributed by atoms with Gasteiger partial charge in [0.15, 0.2) is 0 Å². The molecule has 1 N–H and O–H groups in total. The number of aliphatic hydroxyl groups excluding tert-OH is 1. The van der Waals surface area contributed by atoms with Gasteiger partial charge in [-0.2, -0.15) is 0 Å². The van der Waals surface area contributed by atoms with Crippen LogP contribution >= 0.6 is 0 Å². The number of aryl methyl sites for hydroxylation is 1. The quantitative estimate of drug-likeness (QED) is 0.680. The van der Waals surface area contributed by atoms with Gasteiger partial charge in [0.25, 0.3) is 11.6 Å². The summed E-state index contributed by atoms with van der Waals surface area (Å²) in [6, 6.07) is 4.75. The molecule has 0 aliphatic heterocycles. The highest BCUT2D eigenvalue weighted by Gasteiger charge is 2.30. The molecular weight excluding hydrogens is 272 g/mol. The number of carbonyl (C=O) groups excluding carboxylic acids is 1. The fourth-order valence-electron chi connectivity index (χ4n) is 2.94. The molecule has 0 saturated heterocycles. The van der Waals surface area contributed by atoms with E-state index in [4.69, 9.17) is 0 Å². The zero-order valence-electron chi connectivity index (χ0n) is 12.3. The van der Waals surface area contributed by atoms with Crippen molar-refractivity contribution in [3.05, 3.63) is 39.4 Å². The number of rotatable bonds is 4. The molecule has 1 amide bonds. The second-order valence-corrected chi connectivity index (χ2v) is 5.67. The molecule has 0 radical (unpaired) electrons. The molecule has 21 heavy (non-hydrogen) atoms. The summed E-state index contributed by atoms with van der Waals surface area (Å²) in [7, 11) is 1.62. The zero-order chi connectivity index (χ0) is 15.6. The topological polar surface area (TPSA) is 83.7 Å².